The Labute approximate surface area is 232 Å². The highest BCUT2D eigenvalue weighted by atomic mass is 32.1. The van der Waals surface area contributed by atoms with Crippen molar-refractivity contribution < 1.29 is 0 Å². The smallest absolute Gasteiger partial charge is 0.0597 e. The Morgan fingerprint density at radius 2 is 1.28 bits per heavy atom. The van der Waals surface area contributed by atoms with Crippen LogP contribution in [0.1, 0.15) is 25.0 Å². The highest BCUT2D eigenvalue weighted by Crippen LogP contribution is 2.50. The predicted octanol–water partition coefficient (Wildman–Crippen LogP) is 10.9. The van der Waals surface area contributed by atoms with Crippen molar-refractivity contribution in [1.29, 1.82) is 0 Å². The zero-order valence-corrected chi connectivity index (χ0v) is 22.8. The minimum absolute atomic E-state index is 0.0233. The Balaban J connectivity index is 1.34. The first-order valence-corrected chi connectivity index (χ1v) is 14.3. The topological polar surface area (TPSA) is 12.0 Å². The molecule has 1 N–H and O–H groups in total. The number of anilines is 2. The minimum atomic E-state index is -0.0233. The van der Waals surface area contributed by atoms with E-state index in [0.29, 0.717) is 0 Å². The molecule has 186 valence electrons. The highest BCUT2D eigenvalue weighted by Gasteiger charge is 2.35. The van der Waals surface area contributed by atoms with Crippen LogP contribution in [0.2, 0.25) is 0 Å². The quantitative estimate of drug-likeness (QED) is 0.246. The lowest BCUT2D eigenvalue weighted by Gasteiger charge is -2.22. The summed E-state index contributed by atoms with van der Waals surface area (Å²) in [5, 5.41) is 9.08. The number of rotatable bonds is 3. The second-order valence-corrected chi connectivity index (χ2v) is 12.1. The number of hydrogen-bond donors (Lipinski definition) is 1. The molecule has 1 aliphatic rings. The summed E-state index contributed by atoms with van der Waals surface area (Å²) >= 11 is 1.90. The molecule has 0 aliphatic heterocycles. The average molecular weight is 518 g/mol. The molecule has 0 radical (unpaired) electrons. The lowest BCUT2D eigenvalue weighted by Crippen LogP contribution is -2.15. The van der Waals surface area contributed by atoms with Crippen molar-refractivity contribution in [3.8, 4) is 22.3 Å². The van der Waals surface area contributed by atoms with Gasteiger partial charge in [-0.15, -0.1) is 11.3 Å². The first kappa shape index (κ1) is 22.6. The van der Waals surface area contributed by atoms with Gasteiger partial charge >= 0.3 is 0 Å². The number of hydrogen-bond acceptors (Lipinski definition) is 2. The largest absolute Gasteiger partial charge is 0.354 e. The normalized spacial score (nSPS) is 13.6. The molecule has 0 atom stereocenters. The van der Waals surface area contributed by atoms with Crippen LogP contribution < -0.4 is 5.32 Å². The van der Waals surface area contributed by atoms with Gasteiger partial charge in [0, 0.05) is 26.6 Å². The van der Waals surface area contributed by atoms with Gasteiger partial charge in [-0.3, -0.25) is 0 Å². The molecule has 0 amide bonds. The van der Waals surface area contributed by atoms with Crippen LogP contribution in [-0.4, -0.2) is 0 Å². The van der Waals surface area contributed by atoms with Crippen LogP contribution in [0.25, 0.3) is 53.2 Å². The van der Waals surface area contributed by atoms with Gasteiger partial charge in [-0.1, -0.05) is 117 Å². The molecule has 0 fully saturated rings. The van der Waals surface area contributed by atoms with Gasteiger partial charge in [-0.2, -0.15) is 0 Å². The summed E-state index contributed by atoms with van der Waals surface area (Å²) in [5.41, 5.74) is 10.3. The molecule has 0 saturated carbocycles. The Morgan fingerprint density at radius 1 is 0.564 bits per heavy atom. The van der Waals surface area contributed by atoms with E-state index in [1.165, 1.54) is 64.3 Å². The van der Waals surface area contributed by atoms with Gasteiger partial charge in [0.05, 0.1) is 10.4 Å². The van der Waals surface area contributed by atoms with Crippen LogP contribution in [0.5, 0.6) is 0 Å². The molecule has 39 heavy (non-hydrogen) atoms. The Morgan fingerprint density at radius 3 is 2.18 bits per heavy atom. The third kappa shape index (κ3) is 3.32. The summed E-state index contributed by atoms with van der Waals surface area (Å²) in [5.74, 6) is 0. The number of nitrogens with one attached hydrogen (secondary N) is 1. The van der Waals surface area contributed by atoms with E-state index in [9.17, 15) is 0 Å². The Hall–Kier alpha value is -4.40. The lowest BCUT2D eigenvalue weighted by molar-refractivity contribution is 0.660. The van der Waals surface area contributed by atoms with Crippen LogP contribution in [0.3, 0.4) is 0 Å². The molecule has 1 aliphatic carbocycles. The monoisotopic (exact) mass is 517 g/mol. The van der Waals surface area contributed by atoms with E-state index in [0.717, 1.165) is 11.4 Å². The first-order chi connectivity index (χ1) is 19.1. The molecule has 0 unspecified atom stereocenters. The molecule has 1 aromatic heterocycles. The summed E-state index contributed by atoms with van der Waals surface area (Å²) in [7, 11) is 0. The van der Waals surface area contributed by atoms with Crippen molar-refractivity contribution in [2.24, 2.45) is 0 Å². The summed E-state index contributed by atoms with van der Waals surface area (Å²) in [6, 6.07) is 44.3. The van der Waals surface area contributed by atoms with Crippen molar-refractivity contribution >= 4 is 53.7 Å². The predicted molar refractivity (Wildman–Crippen MR) is 170 cm³/mol. The van der Waals surface area contributed by atoms with E-state index in [1.807, 2.05) is 11.3 Å². The van der Waals surface area contributed by atoms with Crippen molar-refractivity contribution in [2.75, 3.05) is 5.32 Å². The number of thiophene rings is 1. The van der Waals surface area contributed by atoms with Crippen molar-refractivity contribution in [1.82, 2.24) is 0 Å². The SMILES string of the molecule is CC1(C)c2ccccc2-c2ccc(Nc3cc4ccccc4c4c3sc3c(-c5ccccc5)cccc34)cc21. The van der Waals surface area contributed by atoms with Gasteiger partial charge in [0.1, 0.15) is 0 Å². The minimum Gasteiger partial charge on any atom is -0.354 e. The van der Waals surface area contributed by atoms with E-state index in [2.05, 4.69) is 140 Å². The van der Waals surface area contributed by atoms with Gasteiger partial charge in [0.15, 0.2) is 0 Å². The van der Waals surface area contributed by atoms with E-state index in [1.54, 1.807) is 0 Å². The van der Waals surface area contributed by atoms with Crippen molar-refractivity contribution in [3.05, 3.63) is 132 Å². The van der Waals surface area contributed by atoms with Crippen LogP contribution in [0.4, 0.5) is 11.4 Å². The second-order valence-electron chi connectivity index (χ2n) is 11.1. The van der Waals surface area contributed by atoms with Gasteiger partial charge < -0.3 is 5.32 Å². The Bertz CT molecular complexity index is 2060. The summed E-state index contributed by atoms with van der Waals surface area (Å²) in [6.07, 6.45) is 0. The molecule has 0 bridgehead atoms. The molecule has 8 rings (SSSR count). The maximum absolute atomic E-state index is 3.86. The molecule has 0 saturated heterocycles. The van der Waals surface area contributed by atoms with Crippen LogP contribution in [0.15, 0.2) is 121 Å². The third-order valence-corrected chi connectivity index (χ3v) is 9.71. The van der Waals surface area contributed by atoms with Crippen LogP contribution in [0, 0.1) is 0 Å². The molecule has 2 heteroatoms. The fraction of sp³-hybridized carbons (Fsp3) is 0.0811. The molecule has 7 aromatic rings. The Kier molecular flexibility index (Phi) is 4.80. The fourth-order valence-electron chi connectivity index (χ4n) is 6.52. The average Bonchev–Trinajstić information content (AvgIpc) is 3.48. The zero-order valence-electron chi connectivity index (χ0n) is 22.0. The summed E-state index contributed by atoms with van der Waals surface area (Å²) < 4.78 is 2.64. The maximum Gasteiger partial charge on any atom is 0.0597 e. The van der Waals surface area contributed by atoms with Gasteiger partial charge in [0.25, 0.3) is 0 Å². The molecule has 1 heterocycles. The molecular weight excluding hydrogens is 490 g/mol. The third-order valence-electron chi connectivity index (χ3n) is 8.44. The maximum atomic E-state index is 3.86. The second kappa shape index (κ2) is 8.30. The summed E-state index contributed by atoms with van der Waals surface area (Å²) in [6.45, 7) is 4.68. The van der Waals surface area contributed by atoms with Gasteiger partial charge in [0.2, 0.25) is 0 Å². The van der Waals surface area contributed by atoms with E-state index >= 15 is 0 Å². The van der Waals surface area contributed by atoms with E-state index in [-0.39, 0.29) is 5.41 Å². The van der Waals surface area contributed by atoms with Crippen molar-refractivity contribution in [2.45, 2.75) is 19.3 Å². The number of fused-ring (bicyclic) bond motifs is 8. The van der Waals surface area contributed by atoms with Gasteiger partial charge in [-0.05, 0) is 62.4 Å². The highest BCUT2D eigenvalue weighted by molar-refractivity contribution is 7.27. The zero-order chi connectivity index (χ0) is 26.1. The van der Waals surface area contributed by atoms with Crippen LogP contribution in [-0.2, 0) is 5.41 Å². The molecule has 0 spiro atoms. The van der Waals surface area contributed by atoms with Gasteiger partial charge in [-0.25, -0.2) is 0 Å². The summed E-state index contributed by atoms with van der Waals surface area (Å²) in [4.78, 5) is 0. The molecule has 1 nitrogen and oxygen atoms in total. The fourth-order valence-corrected chi connectivity index (χ4v) is 7.85. The van der Waals surface area contributed by atoms with E-state index < -0.39 is 0 Å². The lowest BCUT2D eigenvalue weighted by atomic mass is 9.82. The standard InChI is InChI=1S/C37H27NS/c1-37(2)31-18-9-8-15-28(31)29-20-19-25(22-32(29)37)38-33-21-24-13-6-7-14-26(24)34-30-17-10-16-27(35(30)39-36(33)34)23-11-4-3-5-12-23/h3-22,38H,1-2H3. The van der Waals surface area contributed by atoms with Crippen molar-refractivity contribution in [3.63, 3.8) is 0 Å². The van der Waals surface area contributed by atoms with E-state index in [4.69, 9.17) is 0 Å². The van der Waals surface area contributed by atoms with Crippen LogP contribution >= 0.6 is 11.3 Å². The molecular formula is C37H27NS. The molecule has 6 aromatic carbocycles. The number of benzene rings is 6. The first-order valence-electron chi connectivity index (χ1n) is 13.5.